The fourth-order valence-electron chi connectivity index (χ4n) is 2.01. The maximum atomic E-state index is 12.2. The lowest BCUT2D eigenvalue weighted by atomic mass is 10.1. The van der Waals surface area contributed by atoms with Gasteiger partial charge in [-0.2, -0.15) is 8.78 Å². The first-order valence-electron chi connectivity index (χ1n) is 6.54. The second-order valence-electron chi connectivity index (χ2n) is 4.55. The maximum absolute atomic E-state index is 12.2. The summed E-state index contributed by atoms with van der Waals surface area (Å²) < 4.78 is 34.0. The molecular weight excluding hydrogens is 276 g/mol. The first-order valence-corrected chi connectivity index (χ1v) is 6.54. The van der Waals surface area contributed by atoms with Gasteiger partial charge in [0, 0.05) is 17.8 Å². The zero-order valence-electron chi connectivity index (χ0n) is 11.8. The molecule has 1 atom stereocenters. The molecule has 0 bridgehead atoms. The third kappa shape index (κ3) is 4.34. The molecule has 21 heavy (non-hydrogen) atoms. The molecule has 0 fully saturated rings. The molecule has 5 heteroatoms. The average molecular weight is 293 g/mol. The Bertz CT molecular complexity index is 590. The molecule has 1 unspecified atom stereocenters. The minimum absolute atomic E-state index is 0.00176. The fourth-order valence-corrected chi connectivity index (χ4v) is 2.01. The van der Waals surface area contributed by atoms with Crippen molar-refractivity contribution in [3.05, 3.63) is 54.1 Å². The monoisotopic (exact) mass is 293 g/mol. The van der Waals surface area contributed by atoms with Crippen molar-refractivity contribution in [3.63, 3.8) is 0 Å². The van der Waals surface area contributed by atoms with Crippen LogP contribution in [0.15, 0.2) is 48.5 Å². The highest BCUT2D eigenvalue weighted by Gasteiger charge is 2.08. The summed E-state index contributed by atoms with van der Waals surface area (Å²) in [6, 6.07) is 14.2. The van der Waals surface area contributed by atoms with E-state index >= 15 is 0 Å². The predicted octanol–water partition coefficient (Wildman–Crippen LogP) is 4.47. The van der Waals surface area contributed by atoms with Crippen LogP contribution in [-0.2, 0) is 0 Å². The molecule has 2 aromatic rings. The van der Waals surface area contributed by atoms with Crippen LogP contribution in [0.1, 0.15) is 18.5 Å². The van der Waals surface area contributed by atoms with Crippen LogP contribution in [0.25, 0.3) is 0 Å². The van der Waals surface area contributed by atoms with Crippen LogP contribution in [0.3, 0.4) is 0 Å². The smallest absolute Gasteiger partial charge is 0.387 e. The van der Waals surface area contributed by atoms with E-state index in [1.54, 1.807) is 25.3 Å². The second-order valence-corrected chi connectivity index (χ2v) is 4.55. The predicted molar refractivity (Wildman–Crippen MR) is 78.1 cm³/mol. The molecule has 0 aliphatic rings. The minimum atomic E-state index is -2.82. The molecule has 2 aromatic carbocycles. The summed E-state index contributed by atoms with van der Waals surface area (Å²) in [6.07, 6.45) is 0. The molecule has 3 nitrogen and oxygen atoms in total. The molecule has 0 aliphatic carbocycles. The average Bonchev–Trinajstić information content (AvgIpc) is 2.47. The van der Waals surface area contributed by atoms with Crippen molar-refractivity contribution in [3.8, 4) is 11.5 Å². The van der Waals surface area contributed by atoms with Crippen molar-refractivity contribution < 1.29 is 18.3 Å². The highest BCUT2D eigenvalue weighted by molar-refractivity contribution is 5.50. The van der Waals surface area contributed by atoms with Gasteiger partial charge >= 0.3 is 6.61 Å². The second kappa shape index (κ2) is 6.92. The molecular formula is C16H17F2NO2. The summed E-state index contributed by atoms with van der Waals surface area (Å²) in [4.78, 5) is 0. The van der Waals surface area contributed by atoms with Crippen molar-refractivity contribution in [2.75, 3.05) is 12.4 Å². The number of ether oxygens (including phenoxy) is 2. The van der Waals surface area contributed by atoms with Crippen molar-refractivity contribution >= 4 is 5.69 Å². The van der Waals surface area contributed by atoms with Crippen LogP contribution in [0.4, 0.5) is 14.5 Å². The Morgan fingerprint density at radius 2 is 1.71 bits per heavy atom. The summed E-state index contributed by atoms with van der Waals surface area (Å²) in [5.41, 5.74) is 1.75. The third-order valence-electron chi connectivity index (χ3n) is 3.04. The lowest BCUT2D eigenvalue weighted by molar-refractivity contribution is -0.0498. The first kappa shape index (κ1) is 15.1. The summed E-state index contributed by atoms with van der Waals surface area (Å²) in [5, 5.41) is 3.24. The Kier molecular flexibility index (Phi) is 4.98. The number of rotatable bonds is 6. The largest absolute Gasteiger partial charge is 0.497 e. The lowest BCUT2D eigenvalue weighted by Gasteiger charge is -2.17. The standard InChI is InChI=1S/C16H17F2NO2/c1-11(12-5-3-7-14(9-12)20-2)19-13-6-4-8-15(10-13)21-16(17)18/h3-11,16,19H,1-2H3. The summed E-state index contributed by atoms with van der Waals surface area (Å²) >= 11 is 0. The van der Waals surface area contributed by atoms with Gasteiger partial charge in [-0.05, 0) is 36.8 Å². The number of hydrogen-bond donors (Lipinski definition) is 1. The van der Waals surface area contributed by atoms with E-state index in [1.165, 1.54) is 6.07 Å². The topological polar surface area (TPSA) is 30.5 Å². The van der Waals surface area contributed by atoms with Crippen LogP contribution in [-0.4, -0.2) is 13.7 Å². The molecule has 0 aliphatic heterocycles. The van der Waals surface area contributed by atoms with Crippen molar-refractivity contribution in [2.24, 2.45) is 0 Å². The highest BCUT2D eigenvalue weighted by atomic mass is 19.3. The number of alkyl halides is 2. The molecule has 0 amide bonds. The van der Waals surface area contributed by atoms with Crippen LogP contribution < -0.4 is 14.8 Å². The Labute approximate surface area is 122 Å². The molecule has 0 heterocycles. The van der Waals surface area contributed by atoms with Gasteiger partial charge < -0.3 is 14.8 Å². The molecule has 0 spiro atoms. The first-order chi connectivity index (χ1) is 10.1. The quantitative estimate of drug-likeness (QED) is 0.852. The highest BCUT2D eigenvalue weighted by Crippen LogP contribution is 2.25. The van der Waals surface area contributed by atoms with Crippen molar-refractivity contribution in [1.82, 2.24) is 0 Å². The van der Waals surface area contributed by atoms with E-state index < -0.39 is 6.61 Å². The SMILES string of the molecule is COc1cccc(C(C)Nc2cccc(OC(F)F)c2)c1. The van der Waals surface area contributed by atoms with Crippen LogP contribution in [0, 0.1) is 0 Å². The number of anilines is 1. The maximum Gasteiger partial charge on any atom is 0.387 e. The minimum Gasteiger partial charge on any atom is -0.497 e. The summed E-state index contributed by atoms with van der Waals surface area (Å²) in [5.74, 6) is 0.906. The number of hydrogen-bond acceptors (Lipinski definition) is 3. The van der Waals surface area contributed by atoms with E-state index in [1.807, 2.05) is 31.2 Å². The molecule has 0 saturated heterocycles. The molecule has 0 saturated carbocycles. The van der Waals surface area contributed by atoms with Crippen LogP contribution >= 0.6 is 0 Å². The molecule has 0 radical (unpaired) electrons. The van der Waals surface area contributed by atoms with Gasteiger partial charge in [0.25, 0.3) is 0 Å². The van der Waals surface area contributed by atoms with Crippen molar-refractivity contribution in [2.45, 2.75) is 19.6 Å². The molecule has 0 aromatic heterocycles. The number of halogens is 2. The Balaban J connectivity index is 2.09. The van der Waals surface area contributed by atoms with Gasteiger partial charge in [-0.25, -0.2) is 0 Å². The van der Waals surface area contributed by atoms with Gasteiger partial charge in [0.2, 0.25) is 0 Å². The molecule has 112 valence electrons. The van der Waals surface area contributed by atoms with Gasteiger partial charge in [0.1, 0.15) is 11.5 Å². The van der Waals surface area contributed by atoms with Crippen molar-refractivity contribution in [1.29, 1.82) is 0 Å². The molecule has 2 rings (SSSR count). The third-order valence-corrected chi connectivity index (χ3v) is 3.04. The van der Waals surface area contributed by atoms with Gasteiger partial charge in [-0.15, -0.1) is 0 Å². The van der Waals surface area contributed by atoms with E-state index in [0.717, 1.165) is 11.3 Å². The number of nitrogens with one attached hydrogen (secondary N) is 1. The lowest BCUT2D eigenvalue weighted by Crippen LogP contribution is -2.07. The summed E-state index contributed by atoms with van der Waals surface area (Å²) in [6.45, 7) is -0.842. The van der Waals surface area contributed by atoms with E-state index in [0.29, 0.717) is 5.69 Å². The van der Waals surface area contributed by atoms with E-state index in [2.05, 4.69) is 10.1 Å². The Morgan fingerprint density at radius 3 is 2.43 bits per heavy atom. The normalized spacial score (nSPS) is 12.0. The van der Waals surface area contributed by atoms with Gasteiger partial charge in [0.05, 0.1) is 7.11 Å². The fraction of sp³-hybridized carbons (Fsp3) is 0.250. The van der Waals surface area contributed by atoms with E-state index in [-0.39, 0.29) is 11.8 Å². The number of methoxy groups -OCH3 is 1. The Morgan fingerprint density at radius 1 is 1.00 bits per heavy atom. The zero-order chi connectivity index (χ0) is 15.2. The van der Waals surface area contributed by atoms with Gasteiger partial charge in [0.15, 0.2) is 0 Å². The number of benzene rings is 2. The Hall–Kier alpha value is -2.30. The van der Waals surface area contributed by atoms with Gasteiger partial charge in [-0.1, -0.05) is 18.2 Å². The van der Waals surface area contributed by atoms with Gasteiger partial charge in [-0.3, -0.25) is 0 Å². The molecule has 1 N–H and O–H groups in total. The van der Waals surface area contributed by atoms with Crippen LogP contribution in [0.2, 0.25) is 0 Å². The van der Waals surface area contributed by atoms with E-state index in [9.17, 15) is 8.78 Å². The van der Waals surface area contributed by atoms with E-state index in [4.69, 9.17) is 4.74 Å². The van der Waals surface area contributed by atoms with Crippen LogP contribution in [0.5, 0.6) is 11.5 Å². The summed E-state index contributed by atoms with van der Waals surface area (Å²) in [7, 11) is 1.61. The zero-order valence-corrected chi connectivity index (χ0v) is 11.8.